The lowest BCUT2D eigenvalue weighted by Crippen LogP contribution is -2.41. The van der Waals surface area contributed by atoms with Gasteiger partial charge in [0.2, 0.25) is 11.8 Å². The van der Waals surface area contributed by atoms with Crippen LogP contribution < -0.4 is 15.4 Å². The second kappa shape index (κ2) is 10.7. The fourth-order valence-corrected chi connectivity index (χ4v) is 3.11. The highest BCUT2D eigenvalue weighted by molar-refractivity contribution is 6.31. The lowest BCUT2D eigenvalue weighted by molar-refractivity contribution is -0.123. The van der Waals surface area contributed by atoms with Crippen molar-refractivity contribution in [2.75, 3.05) is 32.1 Å². The molecule has 0 aliphatic rings. The van der Waals surface area contributed by atoms with Gasteiger partial charge in [-0.25, -0.2) is 0 Å². The third kappa shape index (κ3) is 6.25. The number of carbonyl (C=O) groups excluding carboxylic acids is 2. The summed E-state index contributed by atoms with van der Waals surface area (Å²) in [4.78, 5) is 26.5. The molecule has 28 heavy (non-hydrogen) atoms. The molecule has 0 saturated carbocycles. The second-order valence-electron chi connectivity index (χ2n) is 6.36. The van der Waals surface area contributed by atoms with E-state index in [9.17, 15) is 9.59 Å². The maximum atomic E-state index is 12.4. The summed E-state index contributed by atoms with van der Waals surface area (Å²) < 4.78 is 5.23. The van der Waals surface area contributed by atoms with Crippen LogP contribution in [-0.4, -0.2) is 43.5 Å². The number of benzene rings is 2. The van der Waals surface area contributed by atoms with Gasteiger partial charge in [-0.2, -0.15) is 0 Å². The number of methoxy groups -OCH3 is 1. The molecule has 0 aromatic heterocycles. The van der Waals surface area contributed by atoms with Crippen LogP contribution in [0.5, 0.6) is 5.75 Å². The van der Waals surface area contributed by atoms with Crippen LogP contribution in [0.3, 0.4) is 0 Å². The number of nitrogens with zero attached hydrogens (tertiary/aromatic N) is 1. The predicted octanol–water partition coefficient (Wildman–Crippen LogP) is 3.49. The van der Waals surface area contributed by atoms with Gasteiger partial charge < -0.3 is 15.4 Å². The molecule has 2 aromatic rings. The molecular weight excluding hydrogens is 378 g/mol. The maximum absolute atomic E-state index is 12.4. The summed E-state index contributed by atoms with van der Waals surface area (Å²) in [5, 5.41) is 6.36. The standard InChI is InChI=1S/C21H26ClN3O3/c1-4-25(14-21(27)24-18-11-7-8-12-19(18)28-3)13-20(26)23-15(2)16-9-5-6-10-17(16)22/h5-12,15H,4,13-14H2,1-3H3,(H,23,26)(H,24,27). The van der Waals surface area contributed by atoms with Crippen molar-refractivity contribution in [1.82, 2.24) is 10.2 Å². The molecule has 1 unspecified atom stereocenters. The van der Waals surface area contributed by atoms with Gasteiger partial charge in [0.1, 0.15) is 5.75 Å². The van der Waals surface area contributed by atoms with Gasteiger partial charge in [0, 0.05) is 5.02 Å². The van der Waals surface area contributed by atoms with Gasteiger partial charge in [-0.3, -0.25) is 14.5 Å². The molecule has 0 radical (unpaired) electrons. The lowest BCUT2D eigenvalue weighted by atomic mass is 10.1. The van der Waals surface area contributed by atoms with Gasteiger partial charge in [0.15, 0.2) is 0 Å². The van der Waals surface area contributed by atoms with Crippen molar-refractivity contribution in [3.05, 3.63) is 59.1 Å². The number of carbonyl (C=O) groups is 2. The highest BCUT2D eigenvalue weighted by Gasteiger charge is 2.17. The number of nitrogens with one attached hydrogen (secondary N) is 2. The van der Waals surface area contributed by atoms with Crippen molar-refractivity contribution in [2.45, 2.75) is 19.9 Å². The first-order valence-corrected chi connectivity index (χ1v) is 9.51. The topological polar surface area (TPSA) is 70.7 Å². The second-order valence-corrected chi connectivity index (χ2v) is 6.77. The summed E-state index contributed by atoms with van der Waals surface area (Å²) in [5.41, 5.74) is 1.46. The number of hydrogen-bond donors (Lipinski definition) is 2. The summed E-state index contributed by atoms with van der Waals surface area (Å²) in [6.07, 6.45) is 0. The number of anilines is 1. The molecule has 1 atom stereocenters. The van der Waals surface area contributed by atoms with Crippen molar-refractivity contribution in [3.8, 4) is 5.75 Å². The lowest BCUT2D eigenvalue weighted by Gasteiger charge is -2.22. The van der Waals surface area contributed by atoms with Crippen LogP contribution in [0, 0.1) is 0 Å². The Hall–Kier alpha value is -2.57. The zero-order valence-electron chi connectivity index (χ0n) is 16.4. The molecule has 150 valence electrons. The van der Waals surface area contributed by atoms with E-state index in [2.05, 4.69) is 10.6 Å². The molecule has 0 fully saturated rings. The van der Waals surface area contributed by atoms with E-state index in [1.165, 1.54) is 0 Å². The molecule has 6 nitrogen and oxygen atoms in total. The summed E-state index contributed by atoms with van der Waals surface area (Å²) in [6.45, 7) is 4.56. The van der Waals surface area contributed by atoms with Crippen LogP contribution in [-0.2, 0) is 9.59 Å². The largest absolute Gasteiger partial charge is 0.495 e. The van der Waals surface area contributed by atoms with Gasteiger partial charge in [0.25, 0.3) is 0 Å². The Labute approximate surface area is 170 Å². The molecule has 0 bridgehead atoms. The molecule has 7 heteroatoms. The molecule has 0 aliphatic carbocycles. The minimum atomic E-state index is -0.220. The van der Waals surface area contributed by atoms with Gasteiger partial charge in [-0.1, -0.05) is 48.9 Å². The molecule has 2 rings (SSSR count). The molecule has 0 aliphatic heterocycles. The van der Waals surface area contributed by atoms with E-state index in [0.29, 0.717) is 23.0 Å². The average molecular weight is 404 g/mol. The van der Waals surface area contributed by atoms with E-state index in [4.69, 9.17) is 16.3 Å². The first-order chi connectivity index (χ1) is 13.4. The van der Waals surface area contributed by atoms with Crippen molar-refractivity contribution < 1.29 is 14.3 Å². The SMILES string of the molecule is CCN(CC(=O)Nc1ccccc1OC)CC(=O)NC(C)c1ccccc1Cl. The predicted molar refractivity (Wildman–Crippen MR) is 112 cm³/mol. The highest BCUT2D eigenvalue weighted by atomic mass is 35.5. The van der Waals surface area contributed by atoms with E-state index < -0.39 is 0 Å². The Morgan fingerprint density at radius 3 is 2.39 bits per heavy atom. The Morgan fingerprint density at radius 2 is 1.71 bits per heavy atom. The number of ether oxygens (including phenoxy) is 1. The van der Waals surface area contributed by atoms with Crippen molar-refractivity contribution in [2.24, 2.45) is 0 Å². The van der Waals surface area contributed by atoms with Crippen LogP contribution in [0.2, 0.25) is 5.02 Å². The molecule has 0 saturated heterocycles. The third-order valence-electron chi connectivity index (χ3n) is 4.31. The normalized spacial score (nSPS) is 11.8. The first kappa shape index (κ1) is 21.7. The monoisotopic (exact) mass is 403 g/mol. The summed E-state index contributed by atoms with van der Waals surface area (Å²) in [6, 6.07) is 14.4. The number of hydrogen-bond acceptors (Lipinski definition) is 4. The molecule has 0 spiro atoms. The zero-order chi connectivity index (χ0) is 20.5. The van der Waals surface area contributed by atoms with Crippen LogP contribution in [0.15, 0.2) is 48.5 Å². The quantitative estimate of drug-likeness (QED) is 0.672. The maximum Gasteiger partial charge on any atom is 0.238 e. The Bertz CT molecular complexity index is 813. The zero-order valence-corrected chi connectivity index (χ0v) is 17.1. The Kier molecular flexibility index (Phi) is 8.29. The van der Waals surface area contributed by atoms with Gasteiger partial charge in [-0.15, -0.1) is 0 Å². The molecule has 2 aromatic carbocycles. The van der Waals surface area contributed by atoms with Crippen molar-refractivity contribution >= 4 is 29.1 Å². The summed E-state index contributed by atoms with van der Waals surface area (Å²) >= 11 is 6.18. The Balaban J connectivity index is 1.89. The number of amides is 2. The molecule has 2 amide bonds. The fraction of sp³-hybridized carbons (Fsp3) is 0.333. The van der Waals surface area contributed by atoms with Crippen molar-refractivity contribution in [3.63, 3.8) is 0 Å². The number of halogens is 1. The summed E-state index contributed by atoms with van der Waals surface area (Å²) in [7, 11) is 1.55. The Morgan fingerprint density at radius 1 is 1.07 bits per heavy atom. The van der Waals surface area contributed by atoms with E-state index >= 15 is 0 Å². The average Bonchev–Trinajstić information content (AvgIpc) is 2.68. The van der Waals surface area contributed by atoms with Crippen LogP contribution in [0.4, 0.5) is 5.69 Å². The van der Waals surface area contributed by atoms with E-state index in [1.54, 1.807) is 30.2 Å². The number of rotatable bonds is 9. The highest BCUT2D eigenvalue weighted by Crippen LogP contribution is 2.23. The minimum Gasteiger partial charge on any atom is -0.495 e. The van der Waals surface area contributed by atoms with Gasteiger partial charge in [-0.05, 0) is 37.2 Å². The molecular formula is C21H26ClN3O3. The summed E-state index contributed by atoms with van der Waals surface area (Å²) in [5.74, 6) is 0.211. The van der Waals surface area contributed by atoms with E-state index in [-0.39, 0.29) is 30.9 Å². The minimum absolute atomic E-state index is 0.0996. The van der Waals surface area contributed by atoms with Gasteiger partial charge >= 0.3 is 0 Å². The number of likely N-dealkylation sites (N-methyl/N-ethyl adjacent to an activating group) is 1. The van der Waals surface area contributed by atoms with Crippen molar-refractivity contribution in [1.29, 1.82) is 0 Å². The number of para-hydroxylation sites is 2. The first-order valence-electron chi connectivity index (χ1n) is 9.13. The van der Waals surface area contributed by atoms with Crippen LogP contribution >= 0.6 is 11.6 Å². The fourth-order valence-electron chi connectivity index (χ4n) is 2.81. The molecule has 0 heterocycles. The van der Waals surface area contributed by atoms with Crippen LogP contribution in [0.1, 0.15) is 25.5 Å². The van der Waals surface area contributed by atoms with E-state index in [1.807, 2.05) is 44.2 Å². The molecule has 2 N–H and O–H groups in total. The van der Waals surface area contributed by atoms with E-state index in [0.717, 1.165) is 5.56 Å². The third-order valence-corrected chi connectivity index (χ3v) is 4.66. The van der Waals surface area contributed by atoms with Crippen LogP contribution in [0.25, 0.3) is 0 Å². The van der Waals surface area contributed by atoms with Gasteiger partial charge in [0.05, 0.1) is 31.9 Å². The smallest absolute Gasteiger partial charge is 0.238 e.